The Morgan fingerprint density at radius 3 is 1.96 bits per heavy atom. The zero-order valence-electron chi connectivity index (χ0n) is 12.7. The van der Waals surface area contributed by atoms with Gasteiger partial charge in [-0.25, -0.2) is 0 Å². The van der Waals surface area contributed by atoms with Crippen molar-refractivity contribution in [3.63, 3.8) is 0 Å². The molecule has 0 saturated carbocycles. The van der Waals surface area contributed by atoms with Crippen LogP contribution in [0, 0.1) is 0 Å². The molecule has 0 atom stereocenters. The summed E-state index contributed by atoms with van der Waals surface area (Å²) in [7, 11) is 0. The smallest absolute Gasteiger partial charge is 0.255 e. The molecule has 0 aromatic heterocycles. The molecule has 0 aliphatic carbocycles. The fourth-order valence-electron chi connectivity index (χ4n) is 1.94. The van der Waals surface area contributed by atoms with Crippen LogP contribution in [0.4, 0.5) is 5.69 Å². The van der Waals surface area contributed by atoms with Gasteiger partial charge in [0.25, 0.3) is 11.8 Å². The van der Waals surface area contributed by atoms with E-state index in [2.05, 4.69) is 10.6 Å². The number of carbonyl (C=O) groups is 2. The average Bonchev–Trinajstić information content (AvgIpc) is 2.46. The van der Waals surface area contributed by atoms with Crippen LogP contribution in [0.15, 0.2) is 42.5 Å². The van der Waals surface area contributed by atoms with Crippen molar-refractivity contribution < 1.29 is 9.59 Å². The third-order valence-corrected chi connectivity index (χ3v) is 3.39. The second-order valence-corrected chi connectivity index (χ2v) is 6.19. The van der Waals surface area contributed by atoms with Crippen LogP contribution in [0.1, 0.15) is 34.6 Å². The molecule has 0 bridgehead atoms. The molecule has 2 aromatic carbocycles. The van der Waals surface area contributed by atoms with Crippen LogP contribution >= 0.6 is 23.2 Å². The Morgan fingerprint density at radius 1 is 0.870 bits per heavy atom. The molecule has 0 aliphatic heterocycles. The summed E-state index contributed by atoms with van der Waals surface area (Å²) in [4.78, 5) is 24.0. The van der Waals surface area contributed by atoms with Crippen molar-refractivity contribution in [2.45, 2.75) is 19.9 Å². The lowest BCUT2D eigenvalue weighted by Crippen LogP contribution is -2.30. The molecule has 120 valence electrons. The van der Waals surface area contributed by atoms with Gasteiger partial charge in [-0.1, -0.05) is 23.2 Å². The van der Waals surface area contributed by atoms with E-state index < -0.39 is 0 Å². The standard InChI is InChI=1S/C17H16Cl2N2O2/c1-10(2)20-16(22)11-3-5-15(6-4-11)21-17(23)12-7-13(18)9-14(19)8-12/h3-10H,1-2H3,(H,20,22)(H,21,23). The molecule has 4 nitrogen and oxygen atoms in total. The SMILES string of the molecule is CC(C)NC(=O)c1ccc(NC(=O)c2cc(Cl)cc(Cl)c2)cc1. The second-order valence-electron chi connectivity index (χ2n) is 5.32. The molecule has 0 aliphatic rings. The number of hydrogen-bond donors (Lipinski definition) is 2. The first-order chi connectivity index (χ1) is 10.8. The maximum atomic E-state index is 12.2. The van der Waals surface area contributed by atoms with E-state index in [1.54, 1.807) is 30.3 Å². The molecule has 0 spiro atoms. The topological polar surface area (TPSA) is 58.2 Å². The minimum atomic E-state index is -0.325. The zero-order chi connectivity index (χ0) is 17.0. The van der Waals surface area contributed by atoms with Crippen molar-refractivity contribution >= 4 is 40.7 Å². The Bertz CT molecular complexity index is 708. The van der Waals surface area contributed by atoms with E-state index in [1.165, 1.54) is 12.1 Å². The van der Waals surface area contributed by atoms with Crippen LogP contribution in [0.2, 0.25) is 10.0 Å². The molecule has 2 N–H and O–H groups in total. The van der Waals surface area contributed by atoms with Gasteiger partial charge < -0.3 is 10.6 Å². The Hall–Kier alpha value is -2.04. The fourth-order valence-corrected chi connectivity index (χ4v) is 2.46. The highest BCUT2D eigenvalue weighted by Gasteiger charge is 2.10. The molecule has 0 saturated heterocycles. The quantitative estimate of drug-likeness (QED) is 0.859. The third kappa shape index (κ3) is 4.98. The lowest BCUT2D eigenvalue weighted by Gasteiger charge is -2.09. The number of amides is 2. The Kier molecular flexibility index (Phi) is 5.64. The Balaban J connectivity index is 2.08. The zero-order valence-corrected chi connectivity index (χ0v) is 14.2. The van der Waals surface area contributed by atoms with Gasteiger partial charge in [-0.05, 0) is 56.3 Å². The number of hydrogen-bond acceptors (Lipinski definition) is 2. The van der Waals surface area contributed by atoms with Gasteiger partial charge in [0, 0.05) is 32.9 Å². The molecule has 2 rings (SSSR count). The Labute approximate surface area is 144 Å². The van der Waals surface area contributed by atoms with E-state index in [1.807, 2.05) is 13.8 Å². The monoisotopic (exact) mass is 350 g/mol. The van der Waals surface area contributed by atoms with Crippen molar-refractivity contribution in [1.29, 1.82) is 0 Å². The van der Waals surface area contributed by atoms with Gasteiger partial charge in [-0.15, -0.1) is 0 Å². The first-order valence-corrected chi connectivity index (χ1v) is 7.79. The van der Waals surface area contributed by atoms with E-state index >= 15 is 0 Å². The minimum Gasteiger partial charge on any atom is -0.350 e. The lowest BCUT2D eigenvalue weighted by atomic mass is 10.1. The first-order valence-electron chi connectivity index (χ1n) is 7.03. The summed E-state index contributed by atoms with van der Waals surface area (Å²) in [6.07, 6.45) is 0. The van der Waals surface area contributed by atoms with Gasteiger partial charge >= 0.3 is 0 Å². The van der Waals surface area contributed by atoms with E-state index in [4.69, 9.17) is 23.2 Å². The van der Waals surface area contributed by atoms with Crippen molar-refractivity contribution in [3.05, 3.63) is 63.6 Å². The average molecular weight is 351 g/mol. The summed E-state index contributed by atoms with van der Waals surface area (Å²) in [5.41, 5.74) is 1.47. The van der Waals surface area contributed by atoms with Crippen LogP contribution < -0.4 is 10.6 Å². The normalized spacial score (nSPS) is 10.5. The summed E-state index contributed by atoms with van der Waals surface area (Å²) in [6.45, 7) is 3.78. The molecule has 2 amide bonds. The van der Waals surface area contributed by atoms with E-state index in [0.29, 0.717) is 26.9 Å². The van der Waals surface area contributed by atoms with E-state index in [0.717, 1.165) is 0 Å². The molecule has 0 unspecified atom stereocenters. The molecular formula is C17H16Cl2N2O2. The highest BCUT2D eigenvalue weighted by Crippen LogP contribution is 2.20. The van der Waals surface area contributed by atoms with Crippen LogP contribution in [-0.2, 0) is 0 Å². The van der Waals surface area contributed by atoms with Gasteiger partial charge in [0.15, 0.2) is 0 Å². The van der Waals surface area contributed by atoms with Gasteiger partial charge in [-0.3, -0.25) is 9.59 Å². The summed E-state index contributed by atoms with van der Waals surface area (Å²) in [5.74, 6) is -0.478. The number of halogens is 2. The summed E-state index contributed by atoms with van der Waals surface area (Å²) >= 11 is 11.8. The third-order valence-electron chi connectivity index (χ3n) is 2.95. The molecule has 0 radical (unpaired) electrons. The van der Waals surface area contributed by atoms with Crippen molar-refractivity contribution in [2.75, 3.05) is 5.32 Å². The fraction of sp³-hybridized carbons (Fsp3) is 0.176. The maximum Gasteiger partial charge on any atom is 0.255 e. The van der Waals surface area contributed by atoms with Crippen molar-refractivity contribution in [2.24, 2.45) is 0 Å². The molecule has 23 heavy (non-hydrogen) atoms. The molecule has 2 aromatic rings. The van der Waals surface area contributed by atoms with Gasteiger partial charge in [0.1, 0.15) is 0 Å². The van der Waals surface area contributed by atoms with E-state index in [9.17, 15) is 9.59 Å². The second kappa shape index (κ2) is 7.49. The van der Waals surface area contributed by atoms with Crippen LogP contribution in [0.5, 0.6) is 0 Å². The summed E-state index contributed by atoms with van der Waals surface area (Å²) in [6, 6.07) is 11.3. The molecule has 0 fully saturated rings. The van der Waals surface area contributed by atoms with Crippen molar-refractivity contribution in [3.8, 4) is 0 Å². The van der Waals surface area contributed by atoms with Crippen molar-refractivity contribution in [1.82, 2.24) is 5.32 Å². The number of benzene rings is 2. The van der Waals surface area contributed by atoms with Gasteiger partial charge in [0.05, 0.1) is 0 Å². The highest BCUT2D eigenvalue weighted by molar-refractivity contribution is 6.35. The summed E-state index contributed by atoms with van der Waals surface area (Å²) in [5, 5.41) is 6.32. The molecule has 6 heteroatoms. The van der Waals surface area contributed by atoms with Crippen LogP contribution in [-0.4, -0.2) is 17.9 Å². The number of rotatable bonds is 4. The van der Waals surface area contributed by atoms with Gasteiger partial charge in [0.2, 0.25) is 0 Å². The largest absolute Gasteiger partial charge is 0.350 e. The first kappa shape index (κ1) is 17.3. The minimum absolute atomic E-state index is 0.0643. The van der Waals surface area contributed by atoms with E-state index in [-0.39, 0.29) is 17.9 Å². The molecular weight excluding hydrogens is 335 g/mol. The maximum absolute atomic E-state index is 12.2. The van der Waals surface area contributed by atoms with Gasteiger partial charge in [-0.2, -0.15) is 0 Å². The highest BCUT2D eigenvalue weighted by atomic mass is 35.5. The predicted molar refractivity (Wildman–Crippen MR) is 93.5 cm³/mol. The predicted octanol–water partition coefficient (Wildman–Crippen LogP) is 4.38. The number of anilines is 1. The van der Waals surface area contributed by atoms with Crippen LogP contribution in [0.3, 0.4) is 0 Å². The lowest BCUT2D eigenvalue weighted by molar-refractivity contribution is 0.0942. The van der Waals surface area contributed by atoms with Crippen LogP contribution in [0.25, 0.3) is 0 Å². The Morgan fingerprint density at radius 2 is 1.43 bits per heavy atom. The number of carbonyl (C=O) groups excluding carboxylic acids is 2. The molecule has 0 heterocycles. The number of nitrogens with one attached hydrogen (secondary N) is 2. The summed E-state index contributed by atoms with van der Waals surface area (Å²) < 4.78 is 0.